The lowest BCUT2D eigenvalue weighted by Gasteiger charge is -2.36. The van der Waals surface area contributed by atoms with E-state index in [4.69, 9.17) is 23.2 Å². The second kappa shape index (κ2) is 8.00. The topological polar surface area (TPSA) is 52.2 Å². The van der Waals surface area contributed by atoms with Crippen LogP contribution in [0.15, 0.2) is 47.6 Å². The van der Waals surface area contributed by atoms with Crippen LogP contribution in [-0.4, -0.2) is 52.7 Å². The summed E-state index contributed by atoms with van der Waals surface area (Å²) in [5.41, 5.74) is 2.88. The number of aromatic nitrogens is 2. The monoisotopic (exact) mass is 420 g/mol. The molecule has 1 N–H and O–H groups in total. The molecular weight excluding hydrogens is 403 g/mol. The molecule has 1 aliphatic heterocycles. The van der Waals surface area contributed by atoms with Crippen LogP contribution in [0.1, 0.15) is 0 Å². The lowest BCUT2D eigenvalue weighted by atomic mass is 10.2. The second-order valence-electron chi connectivity index (χ2n) is 6.34. The number of fused-ring (bicyclic) bond motifs is 1. The van der Waals surface area contributed by atoms with Gasteiger partial charge in [0.15, 0.2) is 5.16 Å². The number of amides is 1. The van der Waals surface area contributed by atoms with Crippen molar-refractivity contribution < 1.29 is 4.79 Å². The summed E-state index contributed by atoms with van der Waals surface area (Å²) >= 11 is 13.4. The van der Waals surface area contributed by atoms with E-state index >= 15 is 0 Å². The maximum atomic E-state index is 12.5. The highest BCUT2D eigenvalue weighted by molar-refractivity contribution is 7.99. The number of carbonyl (C=O) groups is 1. The average Bonchev–Trinajstić information content (AvgIpc) is 3.09. The predicted molar refractivity (Wildman–Crippen MR) is 112 cm³/mol. The summed E-state index contributed by atoms with van der Waals surface area (Å²) in [7, 11) is 0. The van der Waals surface area contributed by atoms with Gasteiger partial charge in [-0.3, -0.25) is 4.79 Å². The van der Waals surface area contributed by atoms with Crippen LogP contribution < -0.4 is 4.90 Å². The molecule has 0 atom stereocenters. The number of aromatic amines is 1. The Kier molecular flexibility index (Phi) is 5.48. The zero-order chi connectivity index (χ0) is 18.8. The first-order chi connectivity index (χ1) is 13.1. The van der Waals surface area contributed by atoms with Crippen LogP contribution in [-0.2, 0) is 4.79 Å². The lowest BCUT2D eigenvalue weighted by Crippen LogP contribution is -2.49. The molecule has 1 saturated heterocycles. The summed E-state index contributed by atoms with van der Waals surface area (Å²) < 4.78 is 0. The van der Waals surface area contributed by atoms with Gasteiger partial charge in [-0.1, -0.05) is 35.0 Å². The van der Waals surface area contributed by atoms with E-state index < -0.39 is 0 Å². The highest BCUT2D eigenvalue weighted by atomic mass is 35.5. The molecule has 3 aromatic rings. The number of hydrogen-bond acceptors (Lipinski definition) is 4. The van der Waals surface area contributed by atoms with Gasteiger partial charge in [-0.25, -0.2) is 4.98 Å². The third-order valence-corrected chi connectivity index (χ3v) is 5.92. The Morgan fingerprint density at radius 2 is 1.74 bits per heavy atom. The molecule has 0 bridgehead atoms. The van der Waals surface area contributed by atoms with Crippen LogP contribution in [0, 0.1) is 0 Å². The minimum atomic E-state index is 0.134. The van der Waals surface area contributed by atoms with E-state index in [-0.39, 0.29) is 5.91 Å². The molecule has 0 unspecified atom stereocenters. The number of carbonyl (C=O) groups excluding carboxylic acids is 1. The molecule has 1 fully saturated rings. The van der Waals surface area contributed by atoms with Gasteiger partial charge in [0, 0.05) is 41.9 Å². The molecular formula is C19H18Cl2N4OS. The van der Waals surface area contributed by atoms with Crippen LogP contribution in [0.25, 0.3) is 11.0 Å². The third kappa shape index (κ3) is 4.34. The smallest absolute Gasteiger partial charge is 0.233 e. The van der Waals surface area contributed by atoms with Crippen molar-refractivity contribution >= 4 is 57.6 Å². The number of benzene rings is 2. The molecule has 1 aromatic heterocycles. The van der Waals surface area contributed by atoms with Gasteiger partial charge < -0.3 is 14.8 Å². The fourth-order valence-corrected chi connectivity index (χ4v) is 4.20. The van der Waals surface area contributed by atoms with Crippen molar-refractivity contribution in [2.24, 2.45) is 0 Å². The Balaban J connectivity index is 1.30. The number of hydrogen-bond donors (Lipinski definition) is 1. The maximum absolute atomic E-state index is 12.5. The first-order valence-corrected chi connectivity index (χ1v) is 10.4. The van der Waals surface area contributed by atoms with Crippen LogP contribution in [0.5, 0.6) is 0 Å². The number of anilines is 1. The highest BCUT2D eigenvalue weighted by Crippen LogP contribution is 2.23. The van der Waals surface area contributed by atoms with Gasteiger partial charge in [0.1, 0.15) is 0 Å². The van der Waals surface area contributed by atoms with E-state index in [1.165, 1.54) is 11.8 Å². The van der Waals surface area contributed by atoms with Gasteiger partial charge >= 0.3 is 0 Å². The van der Waals surface area contributed by atoms with Gasteiger partial charge in [-0.2, -0.15) is 0 Å². The van der Waals surface area contributed by atoms with Crippen LogP contribution in [0.2, 0.25) is 10.0 Å². The molecule has 0 saturated carbocycles. The predicted octanol–water partition coefficient (Wildman–Crippen LogP) is 4.31. The Morgan fingerprint density at radius 3 is 2.48 bits per heavy atom. The average molecular weight is 421 g/mol. The van der Waals surface area contributed by atoms with Gasteiger partial charge in [0.2, 0.25) is 5.91 Å². The van der Waals surface area contributed by atoms with Gasteiger partial charge in [-0.05, 0) is 42.5 Å². The Morgan fingerprint density at radius 1 is 1.04 bits per heavy atom. The molecule has 4 rings (SSSR count). The SMILES string of the molecule is O=C(CSc1nc2ccc(Cl)cc2[nH]1)N1CCN(c2ccc(Cl)cc2)CC1. The molecule has 5 nitrogen and oxygen atoms in total. The first kappa shape index (κ1) is 18.5. The van der Waals surface area contributed by atoms with Crippen molar-refractivity contribution in [2.45, 2.75) is 5.16 Å². The molecule has 27 heavy (non-hydrogen) atoms. The fourth-order valence-electron chi connectivity index (χ4n) is 3.11. The molecule has 2 aromatic carbocycles. The van der Waals surface area contributed by atoms with Crippen molar-refractivity contribution in [3.8, 4) is 0 Å². The van der Waals surface area contributed by atoms with Crippen LogP contribution in [0.3, 0.4) is 0 Å². The third-order valence-electron chi connectivity index (χ3n) is 4.58. The van der Waals surface area contributed by atoms with E-state index in [0.717, 1.165) is 53.1 Å². The number of rotatable bonds is 4. The van der Waals surface area contributed by atoms with Gasteiger partial charge in [0.25, 0.3) is 0 Å². The fraction of sp³-hybridized carbons (Fsp3) is 0.263. The van der Waals surface area contributed by atoms with Gasteiger partial charge in [-0.15, -0.1) is 0 Å². The number of nitrogens with zero attached hydrogens (tertiary/aromatic N) is 3. The summed E-state index contributed by atoms with van der Waals surface area (Å²) in [4.78, 5) is 24.4. The molecule has 1 aliphatic rings. The summed E-state index contributed by atoms with van der Waals surface area (Å²) in [6.07, 6.45) is 0. The summed E-state index contributed by atoms with van der Waals surface area (Å²) in [6.45, 7) is 3.08. The van der Waals surface area contributed by atoms with E-state index in [0.29, 0.717) is 10.8 Å². The number of nitrogens with one attached hydrogen (secondary N) is 1. The van der Waals surface area contributed by atoms with E-state index in [2.05, 4.69) is 14.9 Å². The summed E-state index contributed by atoms with van der Waals surface area (Å²) in [5, 5.41) is 2.13. The van der Waals surface area contributed by atoms with Gasteiger partial charge in [0.05, 0.1) is 16.8 Å². The minimum absolute atomic E-state index is 0.134. The number of piperazine rings is 1. The van der Waals surface area contributed by atoms with Crippen molar-refractivity contribution in [1.82, 2.24) is 14.9 Å². The molecule has 0 radical (unpaired) electrons. The van der Waals surface area contributed by atoms with Crippen molar-refractivity contribution in [2.75, 3.05) is 36.8 Å². The summed E-state index contributed by atoms with van der Waals surface area (Å²) in [6, 6.07) is 13.3. The van der Waals surface area contributed by atoms with E-state index in [1.807, 2.05) is 47.4 Å². The normalized spacial score (nSPS) is 14.7. The zero-order valence-corrected chi connectivity index (χ0v) is 16.8. The quantitative estimate of drug-likeness (QED) is 0.638. The molecule has 0 aliphatic carbocycles. The largest absolute Gasteiger partial charge is 0.368 e. The maximum Gasteiger partial charge on any atom is 0.233 e. The molecule has 8 heteroatoms. The van der Waals surface area contributed by atoms with Crippen molar-refractivity contribution in [3.05, 3.63) is 52.5 Å². The zero-order valence-electron chi connectivity index (χ0n) is 14.5. The van der Waals surface area contributed by atoms with E-state index in [1.54, 1.807) is 0 Å². The number of halogens is 2. The van der Waals surface area contributed by atoms with Crippen LogP contribution >= 0.6 is 35.0 Å². The molecule has 2 heterocycles. The molecule has 1 amide bonds. The van der Waals surface area contributed by atoms with Crippen molar-refractivity contribution in [3.63, 3.8) is 0 Å². The highest BCUT2D eigenvalue weighted by Gasteiger charge is 2.21. The minimum Gasteiger partial charge on any atom is -0.368 e. The molecule has 0 spiro atoms. The Hall–Kier alpha value is -1.89. The van der Waals surface area contributed by atoms with Crippen LogP contribution in [0.4, 0.5) is 5.69 Å². The number of H-pyrrole nitrogens is 1. The Bertz CT molecular complexity index is 952. The van der Waals surface area contributed by atoms with E-state index in [9.17, 15) is 4.79 Å². The van der Waals surface area contributed by atoms with Crippen molar-refractivity contribution in [1.29, 1.82) is 0 Å². The lowest BCUT2D eigenvalue weighted by molar-refractivity contribution is -0.128. The first-order valence-electron chi connectivity index (χ1n) is 8.65. The number of thioether (sulfide) groups is 1. The number of imidazole rings is 1. The Labute approximate surface area is 171 Å². The summed E-state index contributed by atoms with van der Waals surface area (Å²) in [5.74, 6) is 0.503. The standard InChI is InChI=1S/C19H18Cl2N4OS/c20-13-1-4-15(5-2-13)24-7-9-25(10-8-24)18(26)12-27-19-22-16-6-3-14(21)11-17(16)23-19/h1-6,11H,7-10,12H2,(H,22,23). The molecule has 140 valence electrons. The second-order valence-corrected chi connectivity index (χ2v) is 8.17.